The summed E-state index contributed by atoms with van der Waals surface area (Å²) in [5.74, 6) is -3.65. The molecule has 40 heteroatoms. The van der Waals surface area contributed by atoms with Gasteiger partial charge in [0.25, 0.3) is 0 Å². The number of nitrogens with one attached hydrogen (secondary N) is 8. The third kappa shape index (κ3) is 38.6. The number of rotatable bonds is 59. The van der Waals surface area contributed by atoms with Gasteiger partial charge in [0.1, 0.15) is 84.6 Å². The summed E-state index contributed by atoms with van der Waals surface area (Å²) < 4.78 is 69.0. The molecule has 0 radical (unpaired) electrons. The van der Waals surface area contributed by atoms with Crippen LogP contribution < -0.4 is 42.5 Å². The number of aliphatic hydroxyl groups excluding tert-OH is 9. The Kier molecular flexibility index (Phi) is 48.9. The minimum absolute atomic E-state index is 0.0312. The fourth-order valence-corrected chi connectivity index (χ4v) is 13.5. The lowest BCUT2D eigenvalue weighted by Crippen LogP contribution is -2.64. The van der Waals surface area contributed by atoms with Crippen molar-refractivity contribution >= 4 is 60.8 Å². The fraction of sp³-hybridized carbons (Fsp3) is 0.875. The average molecular weight is 1630 g/mol. The monoisotopic (exact) mass is 1630 g/mol. The second-order valence-corrected chi connectivity index (χ2v) is 30.7. The van der Waals surface area contributed by atoms with Crippen LogP contribution in [0.2, 0.25) is 0 Å². The molecule has 17 unspecified atom stereocenters. The van der Waals surface area contributed by atoms with Crippen molar-refractivity contribution in [1.29, 1.82) is 0 Å². The van der Waals surface area contributed by atoms with Crippen molar-refractivity contribution in [3.63, 3.8) is 0 Å². The molecule has 4 aliphatic heterocycles. The summed E-state index contributed by atoms with van der Waals surface area (Å²) in [6.07, 6.45) is -4.61. The quantitative estimate of drug-likeness (QED) is 0.0209. The van der Waals surface area contributed by atoms with E-state index in [4.69, 9.17) is 47.2 Å². The Bertz CT molecular complexity index is 2600. The van der Waals surface area contributed by atoms with E-state index in [1.54, 1.807) is 0 Å². The topological polar surface area (TPSA) is 565 Å². The largest absolute Gasteiger partial charge is 0.394 e. The Labute approximate surface area is 655 Å². The van der Waals surface area contributed by atoms with Crippen molar-refractivity contribution in [3.05, 3.63) is 0 Å². The maximum atomic E-state index is 14.7. The Hall–Kier alpha value is -5.34. The van der Waals surface area contributed by atoms with Crippen molar-refractivity contribution in [2.24, 2.45) is 0 Å². The summed E-state index contributed by atoms with van der Waals surface area (Å²) in [6, 6.07) is -4.18. The molecule has 39 nitrogen and oxygen atoms in total. The summed E-state index contributed by atoms with van der Waals surface area (Å²) in [5.41, 5.74) is -1.56. The Morgan fingerprint density at radius 3 is 1.07 bits per heavy atom. The van der Waals surface area contributed by atoms with E-state index >= 15 is 0 Å². The van der Waals surface area contributed by atoms with Gasteiger partial charge in [0, 0.05) is 112 Å². The molecule has 4 aliphatic rings. The summed E-state index contributed by atoms with van der Waals surface area (Å²) in [7, 11) is -3.55. The molecule has 17 atom stereocenters. The first-order chi connectivity index (χ1) is 53.5. The number of hydrogen-bond acceptors (Lipinski definition) is 29. The molecule has 0 aromatic rings. The molecule has 9 amide bonds. The lowest BCUT2D eigenvalue weighted by Gasteiger charge is -2.42. The number of ether oxygens (including phenoxy) is 9. The molecule has 0 aromatic heterocycles. The molecule has 0 bridgehead atoms. The lowest BCUT2D eigenvalue weighted by molar-refractivity contribution is -0.270. The molecule has 4 heterocycles. The zero-order chi connectivity index (χ0) is 82.4. The maximum Gasteiger partial charge on any atom is 0.325 e. The van der Waals surface area contributed by atoms with Gasteiger partial charge in [0.15, 0.2) is 18.9 Å². The van der Waals surface area contributed by atoms with Crippen molar-refractivity contribution in [1.82, 2.24) is 47.4 Å². The summed E-state index contributed by atoms with van der Waals surface area (Å²) in [6.45, 7) is 3.96. The number of aliphatic hydroxyl groups is 9. The van der Waals surface area contributed by atoms with Crippen LogP contribution >= 0.6 is 7.60 Å². The first-order valence-corrected chi connectivity index (χ1v) is 41.5. The van der Waals surface area contributed by atoms with Crippen LogP contribution in [0.1, 0.15) is 175 Å². The van der Waals surface area contributed by atoms with E-state index in [9.17, 15) is 98.6 Å². The molecule has 4 rings (SSSR count). The molecular weight excluding hydrogens is 1500 g/mol. The van der Waals surface area contributed by atoms with Gasteiger partial charge < -0.3 is 145 Å². The molecule has 4 saturated heterocycles. The van der Waals surface area contributed by atoms with Crippen LogP contribution in [0, 0.1) is 0 Å². The second kappa shape index (κ2) is 55.3. The normalized spacial score (nSPS) is 26.2. The van der Waals surface area contributed by atoms with E-state index in [0.717, 1.165) is 19.5 Å². The van der Waals surface area contributed by atoms with E-state index < -0.39 is 155 Å². The van der Waals surface area contributed by atoms with Crippen molar-refractivity contribution < 1.29 is 146 Å². The average Bonchev–Trinajstić information content (AvgIpc) is 0.980. The SMILES string of the molecule is CC(=O)NC1C(OCCCCCCNC(=O)CCOCC(COCCC(=O)NCCCCCCOC2OC(CO)C(O)C(O)C2NC(C)=O)(COCCC(=O)NCCCCCCOC2OC(CO)C(O)C(O)C2NC(C)=O)NC(=O)C2CCCN2C(=O)CCCC(=O)NCCCCCCOP(C)(=O)O)OC(CO)C(O)C1O. The third-order valence-electron chi connectivity index (χ3n) is 19.1. The fourth-order valence-electron chi connectivity index (χ4n) is 13.0. The highest BCUT2D eigenvalue weighted by Crippen LogP contribution is 2.36. The number of unbranched alkanes of at least 4 members (excludes halogenated alkanes) is 12. The molecule has 0 saturated carbocycles. The van der Waals surface area contributed by atoms with Crippen LogP contribution in [-0.2, 0) is 94.9 Å². The Morgan fingerprint density at radius 1 is 0.429 bits per heavy atom. The van der Waals surface area contributed by atoms with Crippen LogP contribution in [0.15, 0.2) is 0 Å². The van der Waals surface area contributed by atoms with E-state index in [2.05, 4.69) is 42.5 Å². The lowest BCUT2D eigenvalue weighted by atomic mass is 9.97. The van der Waals surface area contributed by atoms with Crippen molar-refractivity contribution in [3.8, 4) is 0 Å². The minimum Gasteiger partial charge on any atom is -0.394 e. The predicted octanol–water partition coefficient (Wildman–Crippen LogP) is -3.36. The number of carbonyl (C=O) groups excluding carboxylic acids is 9. The molecule has 648 valence electrons. The van der Waals surface area contributed by atoms with Gasteiger partial charge in [-0.2, -0.15) is 0 Å². The standard InChI is InChI=1S/C72H130N9O30P/c1-47(85)77-59-65(96)62(93)51(41-82)109-69(59)105-34-17-9-5-13-30-74-55(89)26-38-102-44-72(80-68(99)50-23-22-33-81(50)58(92)25-21-24-54(88)73-29-16-8-12-20-37-108-112(4,100)101,45-103-39-27-56(90)75-31-14-6-10-18-35-106-70-60(78-48(2)86)66(97)63(94)52(42-83)110-70)46-104-40-28-57(91)76-32-15-7-11-19-36-107-71-61(79-49(3)87)67(98)64(95)53(43-84)111-71/h50-53,59-67,69-71,82-84,93-98H,5-46H2,1-4H3,(H,73,88)(H,74,89)(H,75,90)(H,76,91)(H,77,85)(H,78,86)(H,79,87)(H,80,99)(H,100,101). The molecule has 0 aromatic carbocycles. The molecule has 0 spiro atoms. The maximum absolute atomic E-state index is 14.7. The molecule has 4 fully saturated rings. The summed E-state index contributed by atoms with van der Waals surface area (Å²) >= 11 is 0. The summed E-state index contributed by atoms with van der Waals surface area (Å²) in [5, 5.41) is 114. The first kappa shape index (κ1) is 99.0. The van der Waals surface area contributed by atoms with Gasteiger partial charge in [-0.1, -0.05) is 51.4 Å². The van der Waals surface area contributed by atoms with E-state index in [0.29, 0.717) is 122 Å². The van der Waals surface area contributed by atoms with Crippen LogP contribution in [0.3, 0.4) is 0 Å². The van der Waals surface area contributed by atoms with E-state index in [-0.39, 0.29) is 147 Å². The van der Waals surface area contributed by atoms with Crippen molar-refractivity contribution in [2.75, 3.05) is 125 Å². The van der Waals surface area contributed by atoms with E-state index in [1.165, 1.54) is 25.7 Å². The first-order valence-electron chi connectivity index (χ1n) is 39.4. The third-order valence-corrected chi connectivity index (χ3v) is 19.8. The highest BCUT2D eigenvalue weighted by molar-refractivity contribution is 7.51. The number of carbonyl (C=O) groups is 9. The molecular formula is C72H130N9O30P. The van der Waals surface area contributed by atoms with Gasteiger partial charge in [0.05, 0.1) is 66.1 Å². The van der Waals surface area contributed by atoms with Crippen LogP contribution in [0.5, 0.6) is 0 Å². The van der Waals surface area contributed by atoms with E-state index in [1.807, 2.05) is 0 Å². The number of likely N-dealkylation sites (tertiary alicyclic amines) is 1. The van der Waals surface area contributed by atoms with Crippen LogP contribution in [0.25, 0.3) is 0 Å². The Morgan fingerprint density at radius 2 is 0.750 bits per heavy atom. The van der Waals surface area contributed by atoms with Crippen LogP contribution in [0.4, 0.5) is 0 Å². The summed E-state index contributed by atoms with van der Waals surface area (Å²) in [4.78, 5) is 127. The minimum atomic E-state index is -3.55. The van der Waals surface area contributed by atoms with Gasteiger partial charge >= 0.3 is 7.60 Å². The highest BCUT2D eigenvalue weighted by atomic mass is 31.2. The molecule has 18 N–H and O–H groups in total. The number of nitrogens with zero attached hydrogens (tertiary/aromatic N) is 1. The number of amides is 9. The van der Waals surface area contributed by atoms with Crippen molar-refractivity contribution in [2.45, 2.75) is 278 Å². The molecule has 112 heavy (non-hydrogen) atoms. The smallest absolute Gasteiger partial charge is 0.325 e. The second-order valence-electron chi connectivity index (χ2n) is 28.9. The molecule has 0 aliphatic carbocycles. The van der Waals surface area contributed by atoms with Gasteiger partial charge in [-0.15, -0.1) is 0 Å². The van der Waals surface area contributed by atoms with Gasteiger partial charge in [-0.05, 0) is 70.6 Å². The Balaban J connectivity index is 1.38. The highest BCUT2D eigenvalue weighted by Gasteiger charge is 2.48. The van der Waals surface area contributed by atoms with Gasteiger partial charge in [-0.25, -0.2) is 0 Å². The van der Waals surface area contributed by atoms with Crippen LogP contribution in [-0.4, -0.2) is 338 Å². The van der Waals surface area contributed by atoms with Gasteiger partial charge in [0.2, 0.25) is 53.2 Å². The zero-order valence-electron chi connectivity index (χ0n) is 65.5. The van der Waals surface area contributed by atoms with Gasteiger partial charge in [-0.3, -0.25) is 47.7 Å². The number of hydrogen-bond donors (Lipinski definition) is 18. The predicted molar refractivity (Wildman–Crippen MR) is 397 cm³/mol. The zero-order valence-corrected chi connectivity index (χ0v) is 66.4.